The molecule has 0 aliphatic carbocycles. The molecule has 7 heteroatoms. The number of primary amides is 1. The average Bonchev–Trinajstić information content (AvgIpc) is 2.91. The van der Waals surface area contributed by atoms with Crippen molar-refractivity contribution in [3.05, 3.63) is 52.7 Å². The van der Waals surface area contributed by atoms with Gasteiger partial charge in [0.1, 0.15) is 5.75 Å². The van der Waals surface area contributed by atoms with Crippen molar-refractivity contribution in [2.45, 2.75) is 6.92 Å². The minimum Gasteiger partial charge on any atom is -0.455 e. The second kappa shape index (κ2) is 6.29. The number of amides is 2. The molecule has 0 fully saturated rings. The number of hydrogen-bond acceptors (Lipinski definition) is 5. The molecule has 0 aliphatic heterocycles. The van der Waals surface area contributed by atoms with Gasteiger partial charge < -0.3 is 15.8 Å². The van der Waals surface area contributed by atoms with Crippen LogP contribution in [-0.2, 0) is 0 Å². The number of hydrogen-bond donors (Lipinski definition) is 2. The summed E-state index contributed by atoms with van der Waals surface area (Å²) in [5.74, 6) is 0.150. The van der Waals surface area contributed by atoms with Crippen molar-refractivity contribution in [2.75, 3.05) is 7.05 Å². The number of pyridine rings is 1. The predicted octanol–water partition coefficient (Wildman–Crippen LogP) is 2.86. The fraction of sp³-hybridized carbons (Fsp3) is 0.118. The number of ether oxygens (including phenoxy) is 1. The molecule has 1 aromatic carbocycles. The van der Waals surface area contributed by atoms with E-state index >= 15 is 0 Å². The van der Waals surface area contributed by atoms with Gasteiger partial charge in [0.15, 0.2) is 11.4 Å². The highest BCUT2D eigenvalue weighted by Gasteiger charge is 2.15. The third kappa shape index (κ3) is 2.81. The third-order valence-electron chi connectivity index (χ3n) is 3.57. The maximum Gasteiger partial charge on any atom is 0.273 e. The number of nitrogens with one attached hydrogen (secondary N) is 1. The van der Waals surface area contributed by atoms with Crippen LogP contribution in [0.15, 0.2) is 36.5 Å². The minimum atomic E-state index is -0.440. The first-order chi connectivity index (χ1) is 11.5. The lowest BCUT2D eigenvalue weighted by atomic mass is 10.1. The quantitative estimate of drug-likeness (QED) is 0.763. The number of thiophene rings is 1. The summed E-state index contributed by atoms with van der Waals surface area (Å²) in [6.07, 6.45) is 1.53. The maximum absolute atomic E-state index is 11.9. The van der Waals surface area contributed by atoms with Crippen LogP contribution in [0.1, 0.15) is 25.7 Å². The number of carbonyl (C=O) groups is 2. The van der Waals surface area contributed by atoms with Gasteiger partial charge in [0.2, 0.25) is 0 Å². The van der Waals surface area contributed by atoms with Gasteiger partial charge in [-0.2, -0.15) is 0 Å². The number of nitrogens with two attached hydrogens (primary N) is 1. The first-order valence-corrected chi connectivity index (χ1v) is 8.01. The second-order valence-electron chi connectivity index (χ2n) is 5.11. The number of carbonyl (C=O) groups excluding carboxylic acids is 2. The standard InChI is InChI=1S/C17H15N3O3S/c1-9-11-6-5-10(8-13(11)24-15(9)16(18)21)23-12-4-3-7-20-14(12)17(22)19-2/h3-8H,1-2H3,(H2,18,21)(H,19,22). The Hall–Kier alpha value is -2.93. The molecule has 122 valence electrons. The summed E-state index contributed by atoms with van der Waals surface area (Å²) in [4.78, 5) is 27.9. The molecule has 0 atom stereocenters. The van der Waals surface area contributed by atoms with E-state index in [1.165, 1.54) is 24.6 Å². The van der Waals surface area contributed by atoms with E-state index in [0.29, 0.717) is 16.4 Å². The predicted molar refractivity (Wildman–Crippen MR) is 92.8 cm³/mol. The van der Waals surface area contributed by atoms with E-state index in [0.717, 1.165) is 15.6 Å². The molecule has 0 saturated carbocycles. The van der Waals surface area contributed by atoms with Crippen molar-refractivity contribution in [2.24, 2.45) is 5.73 Å². The molecule has 3 N–H and O–H groups in total. The molecule has 0 radical (unpaired) electrons. The van der Waals surface area contributed by atoms with Gasteiger partial charge in [-0.15, -0.1) is 11.3 Å². The molecule has 3 aromatic rings. The smallest absolute Gasteiger partial charge is 0.273 e. The molecule has 6 nitrogen and oxygen atoms in total. The fourth-order valence-electron chi connectivity index (χ4n) is 2.39. The van der Waals surface area contributed by atoms with Crippen molar-refractivity contribution >= 4 is 33.2 Å². The van der Waals surface area contributed by atoms with Crippen molar-refractivity contribution in [3.63, 3.8) is 0 Å². The number of rotatable bonds is 4. The van der Waals surface area contributed by atoms with Gasteiger partial charge in [-0.1, -0.05) is 0 Å². The van der Waals surface area contributed by atoms with Crippen molar-refractivity contribution in [1.29, 1.82) is 0 Å². The maximum atomic E-state index is 11.9. The molecular formula is C17H15N3O3S. The Morgan fingerprint density at radius 2 is 2.08 bits per heavy atom. The topological polar surface area (TPSA) is 94.3 Å². The normalized spacial score (nSPS) is 10.6. The highest BCUT2D eigenvalue weighted by Crippen LogP contribution is 2.34. The van der Waals surface area contributed by atoms with Gasteiger partial charge in [-0.25, -0.2) is 4.98 Å². The molecule has 0 bridgehead atoms. The summed E-state index contributed by atoms with van der Waals surface area (Å²) in [6.45, 7) is 1.87. The summed E-state index contributed by atoms with van der Waals surface area (Å²) >= 11 is 1.32. The Morgan fingerprint density at radius 3 is 2.79 bits per heavy atom. The Labute approximate surface area is 142 Å². The summed E-state index contributed by atoms with van der Waals surface area (Å²) < 4.78 is 6.71. The zero-order chi connectivity index (χ0) is 17.3. The number of fused-ring (bicyclic) bond motifs is 1. The van der Waals surface area contributed by atoms with Crippen molar-refractivity contribution in [1.82, 2.24) is 10.3 Å². The van der Waals surface area contributed by atoms with E-state index < -0.39 is 5.91 Å². The molecule has 0 saturated heterocycles. The van der Waals surface area contributed by atoms with Crippen LogP contribution in [-0.4, -0.2) is 23.8 Å². The van der Waals surface area contributed by atoms with Gasteiger partial charge in [-0.05, 0) is 48.2 Å². The van der Waals surface area contributed by atoms with Gasteiger partial charge in [-0.3, -0.25) is 9.59 Å². The number of aromatic nitrogens is 1. The monoisotopic (exact) mass is 341 g/mol. The number of aryl methyl sites for hydroxylation is 1. The SMILES string of the molecule is CNC(=O)c1ncccc1Oc1ccc2c(C)c(C(N)=O)sc2c1. The summed E-state index contributed by atoms with van der Waals surface area (Å²) in [5, 5.41) is 3.49. The Balaban J connectivity index is 2.00. The van der Waals surface area contributed by atoms with Crippen molar-refractivity contribution in [3.8, 4) is 11.5 Å². The zero-order valence-corrected chi connectivity index (χ0v) is 13.9. The molecule has 0 unspecified atom stereocenters. The summed E-state index contributed by atoms with van der Waals surface area (Å²) in [5.41, 5.74) is 6.47. The minimum absolute atomic E-state index is 0.209. The van der Waals surface area contributed by atoms with Crippen molar-refractivity contribution < 1.29 is 14.3 Å². The van der Waals surface area contributed by atoms with Crippen LogP contribution >= 0.6 is 11.3 Å². The van der Waals surface area contributed by atoms with Gasteiger partial charge in [0.25, 0.3) is 11.8 Å². The summed E-state index contributed by atoms with van der Waals surface area (Å²) in [7, 11) is 1.53. The molecule has 24 heavy (non-hydrogen) atoms. The third-order valence-corrected chi connectivity index (χ3v) is 4.84. The zero-order valence-electron chi connectivity index (χ0n) is 13.1. The van der Waals surface area contributed by atoms with E-state index in [2.05, 4.69) is 10.3 Å². The number of benzene rings is 1. The molecule has 3 rings (SSSR count). The van der Waals surface area contributed by atoms with Crippen LogP contribution in [0.25, 0.3) is 10.1 Å². The van der Waals surface area contributed by atoms with E-state index in [9.17, 15) is 9.59 Å². The lowest BCUT2D eigenvalue weighted by Crippen LogP contribution is -2.19. The molecule has 2 heterocycles. The van der Waals surface area contributed by atoms with E-state index in [1.807, 2.05) is 19.1 Å². The largest absolute Gasteiger partial charge is 0.455 e. The second-order valence-corrected chi connectivity index (χ2v) is 6.16. The molecule has 2 amide bonds. The van der Waals surface area contributed by atoms with Crippen LogP contribution < -0.4 is 15.8 Å². The Morgan fingerprint density at radius 1 is 1.29 bits per heavy atom. The van der Waals surface area contributed by atoms with Gasteiger partial charge in [0, 0.05) is 17.9 Å². The molecule has 0 aliphatic rings. The molecular weight excluding hydrogens is 326 g/mol. The van der Waals surface area contributed by atoms with E-state index in [1.54, 1.807) is 18.2 Å². The van der Waals surface area contributed by atoms with E-state index in [4.69, 9.17) is 10.5 Å². The summed E-state index contributed by atoms with van der Waals surface area (Å²) in [6, 6.07) is 8.85. The van der Waals surface area contributed by atoms with Crippen LogP contribution in [0.3, 0.4) is 0 Å². The Kier molecular flexibility index (Phi) is 4.18. The van der Waals surface area contributed by atoms with Crippen LogP contribution in [0, 0.1) is 6.92 Å². The van der Waals surface area contributed by atoms with Gasteiger partial charge >= 0.3 is 0 Å². The molecule has 2 aromatic heterocycles. The first kappa shape index (κ1) is 15.9. The fourth-order valence-corrected chi connectivity index (χ4v) is 3.48. The highest BCUT2D eigenvalue weighted by molar-refractivity contribution is 7.21. The van der Waals surface area contributed by atoms with Crippen LogP contribution in [0.2, 0.25) is 0 Å². The van der Waals surface area contributed by atoms with Crippen LogP contribution in [0.5, 0.6) is 11.5 Å². The van der Waals surface area contributed by atoms with E-state index in [-0.39, 0.29) is 11.6 Å². The lowest BCUT2D eigenvalue weighted by Gasteiger charge is -2.09. The first-order valence-electron chi connectivity index (χ1n) is 7.19. The van der Waals surface area contributed by atoms with Gasteiger partial charge in [0.05, 0.1) is 4.88 Å². The highest BCUT2D eigenvalue weighted by atomic mass is 32.1. The average molecular weight is 341 g/mol. The number of nitrogens with zero attached hydrogens (tertiary/aromatic N) is 1. The lowest BCUT2D eigenvalue weighted by molar-refractivity contribution is 0.0954. The molecule has 0 spiro atoms. The Bertz CT molecular complexity index is 949. The van der Waals surface area contributed by atoms with Crippen LogP contribution in [0.4, 0.5) is 0 Å².